The van der Waals surface area contributed by atoms with Crippen molar-refractivity contribution in [2.75, 3.05) is 26.8 Å². The van der Waals surface area contributed by atoms with Crippen LogP contribution in [0.4, 0.5) is 4.79 Å². The molecule has 28 heavy (non-hydrogen) atoms. The fraction of sp³-hybridized carbons (Fsp3) is 0.455. The van der Waals surface area contributed by atoms with Gasteiger partial charge in [-0.25, -0.2) is 9.78 Å². The maximum absolute atomic E-state index is 12.5. The van der Waals surface area contributed by atoms with E-state index in [4.69, 9.17) is 9.47 Å². The van der Waals surface area contributed by atoms with Gasteiger partial charge in [-0.15, -0.1) is 0 Å². The Bertz CT molecular complexity index is 756. The lowest BCUT2D eigenvalue weighted by molar-refractivity contribution is 0.170. The minimum atomic E-state index is -0.00216. The number of methoxy groups -OCH3 is 1. The number of carbonyl (C=O) groups is 1. The Hall–Kier alpha value is -2.76. The highest BCUT2D eigenvalue weighted by molar-refractivity contribution is 5.74. The molecule has 2 amide bonds. The first kappa shape index (κ1) is 20.0. The molecular weight excluding hydrogens is 354 g/mol. The van der Waals surface area contributed by atoms with E-state index in [0.29, 0.717) is 24.9 Å². The predicted molar refractivity (Wildman–Crippen MR) is 109 cm³/mol. The lowest BCUT2D eigenvalue weighted by atomic mass is 9.90. The van der Waals surface area contributed by atoms with E-state index in [1.54, 1.807) is 13.3 Å². The number of piperidine rings is 1. The second-order valence-electron chi connectivity index (χ2n) is 7.08. The van der Waals surface area contributed by atoms with Crippen LogP contribution in [0.1, 0.15) is 30.9 Å². The molecule has 0 spiro atoms. The van der Waals surface area contributed by atoms with E-state index in [9.17, 15) is 4.79 Å². The molecule has 150 valence electrons. The SMILES string of the molecule is CCOc1cc(CNC(=O)N2CCC(Cc3ccc(OC)cc3)CC2)ccn1. The van der Waals surface area contributed by atoms with Gasteiger partial charge in [0.25, 0.3) is 0 Å². The highest BCUT2D eigenvalue weighted by Gasteiger charge is 2.22. The summed E-state index contributed by atoms with van der Waals surface area (Å²) in [4.78, 5) is 18.5. The molecule has 6 nitrogen and oxygen atoms in total. The molecule has 0 atom stereocenters. The van der Waals surface area contributed by atoms with Gasteiger partial charge in [-0.2, -0.15) is 0 Å². The number of amides is 2. The molecule has 0 saturated carbocycles. The largest absolute Gasteiger partial charge is 0.497 e. The highest BCUT2D eigenvalue weighted by atomic mass is 16.5. The number of pyridine rings is 1. The van der Waals surface area contributed by atoms with E-state index in [-0.39, 0.29) is 6.03 Å². The predicted octanol–water partition coefficient (Wildman–Crippen LogP) is 3.65. The van der Waals surface area contributed by atoms with Gasteiger partial charge < -0.3 is 19.7 Å². The Morgan fingerprint density at radius 2 is 1.93 bits per heavy atom. The summed E-state index contributed by atoms with van der Waals surface area (Å²) in [6.45, 7) is 4.58. The van der Waals surface area contributed by atoms with Gasteiger partial charge >= 0.3 is 6.03 Å². The van der Waals surface area contributed by atoms with E-state index >= 15 is 0 Å². The van der Waals surface area contributed by atoms with Crippen molar-refractivity contribution in [3.8, 4) is 11.6 Å². The van der Waals surface area contributed by atoms with Crippen molar-refractivity contribution in [3.05, 3.63) is 53.7 Å². The van der Waals surface area contributed by atoms with Crippen molar-refractivity contribution in [2.24, 2.45) is 5.92 Å². The van der Waals surface area contributed by atoms with Crippen molar-refractivity contribution in [2.45, 2.75) is 32.7 Å². The fourth-order valence-electron chi connectivity index (χ4n) is 3.51. The molecule has 1 aromatic carbocycles. The molecule has 3 rings (SSSR count). The van der Waals surface area contributed by atoms with Crippen LogP contribution in [0.15, 0.2) is 42.6 Å². The molecule has 1 saturated heterocycles. The summed E-state index contributed by atoms with van der Waals surface area (Å²) < 4.78 is 10.6. The zero-order valence-electron chi connectivity index (χ0n) is 16.7. The number of nitrogens with one attached hydrogen (secondary N) is 1. The molecule has 1 N–H and O–H groups in total. The van der Waals surface area contributed by atoms with Crippen molar-refractivity contribution in [1.29, 1.82) is 0 Å². The van der Waals surface area contributed by atoms with Gasteiger partial charge in [0.15, 0.2) is 0 Å². The number of ether oxygens (including phenoxy) is 2. The molecule has 0 radical (unpaired) electrons. The van der Waals surface area contributed by atoms with Crippen LogP contribution >= 0.6 is 0 Å². The molecule has 2 heterocycles. The Morgan fingerprint density at radius 3 is 2.61 bits per heavy atom. The van der Waals surface area contributed by atoms with Crippen molar-refractivity contribution in [1.82, 2.24) is 15.2 Å². The minimum Gasteiger partial charge on any atom is -0.497 e. The van der Waals surface area contributed by atoms with Crippen LogP contribution < -0.4 is 14.8 Å². The van der Waals surface area contributed by atoms with Crippen molar-refractivity contribution >= 4 is 6.03 Å². The first-order chi connectivity index (χ1) is 13.7. The summed E-state index contributed by atoms with van der Waals surface area (Å²) in [6, 6.07) is 12.0. The molecule has 0 bridgehead atoms. The molecule has 1 aliphatic rings. The summed E-state index contributed by atoms with van der Waals surface area (Å²) in [6.07, 6.45) is 4.82. The standard InChI is InChI=1S/C22H29N3O3/c1-3-28-21-15-19(8-11-23-21)16-24-22(26)25-12-9-18(10-13-25)14-17-4-6-20(27-2)7-5-17/h4-8,11,15,18H,3,9-10,12-14,16H2,1-2H3,(H,24,26). The maximum Gasteiger partial charge on any atom is 0.317 e. The number of aromatic nitrogens is 1. The van der Waals surface area contributed by atoms with E-state index < -0.39 is 0 Å². The van der Waals surface area contributed by atoms with E-state index in [1.165, 1.54) is 5.56 Å². The third kappa shape index (κ3) is 5.62. The zero-order chi connectivity index (χ0) is 19.8. The summed E-state index contributed by atoms with van der Waals surface area (Å²) in [5.41, 5.74) is 2.31. The molecule has 1 aromatic heterocycles. The van der Waals surface area contributed by atoms with Crippen LogP contribution in [0.2, 0.25) is 0 Å². The first-order valence-corrected chi connectivity index (χ1v) is 9.91. The van der Waals surface area contributed by atoms with Crippen LogP contribution in [-0.2, 0) is 13.0 Å². The van der Waals surface area contributed by atoms with Crippen LogP contribution in [0.25, 0.3) is 0 Å². The summed E-state index contributed by atoms with van der Waals surface area (Å²) in [5, 5.41) is 3.00. The number of likely N-dealkylation sites (tertiary alicyclic amines) is 1. The fourth-order valence-corrected chi connectivity index (χ4v) is 3.51. The lowest BCUT2D eigenvalue weighted by Gasteiger charge is -2.32. The molecule has 0 unspecified atom stereocenters. The quantitative estimate of drug-likeness (QED) is 0.793. The molecule has 6 heteroatoms. The van der Waals surface area contributed by atoms with Gasteiger partial charge in [-0.05, 0) is 61.4 Å². The summed E-state index contributed by atoms with van der Waals surface area (Å²) in [5.74, 6) is 2.10. The number of carbonyl (C=O) groups excluding carboxylic acids is 1. The maximum atomic E-state index is 12.5. The Morgan fingerprint density at radius 1 is 1.18 bits per heavy atom. The van der Waals surface area contributed by atoms with Gasteiger partial charge in [0.2, 0.25) is 5.88 Å². The van der Waals surface area contributed by atoms with E-state index in [0.717, 1.165) is 43.7 Å². The van der Waals surface area contributed by atoms with Crippen molar-refractivity contribution in [3.63, 3.8) is 0 Å². The van der Waals surface area contributed by atoms with Gasteiger partial charge in [0, 0.05) is 31.9 Å². The van der Waals surface area contributed by atoms with Gasteiger partial charge in [0.05, 0.1) is 13.7 Å². The van der Waals surface area contributed by atoms with Gasteiger partial charge in [-0.1, -0.05) is 12.1 Å². The van der Waals surface area contributed by atoms with E-state index in [2.05, 4.69) is 22.4 Å². The topological polar surface area (TPSA) is 63.7 Å². The average Bonchev–Trinajstić information content (AvgIpc) is 2.74. The first-order valence-electron chi connectivity index (χ1n) is 9.91. The second kappa shape index (κ2) is 9.97. The van der Waals surface area contributed by atoms with Crippen LogP contribution in [0.5, 0.6) is 11.6 Å². The number of hydrogen-bond donors (Lipinski definition) is 1. The second-order valence-corrected chi connectivity index (χ2v) is 7.08. The van der Waals surface area contributed by atoms with E-state index in [1.807, 2.05) is 36.1 Å². The van der Waals surface area contributed by atoms with Crippen LogP contribution in [0, 0.1) is 5.92 Å². The third-order valence-electron chi connectivity index (χ3n) is 5.12. The molecule has 1 aliphatic heterocycles. The monoisotopic (exact) mass is 383 g/mol. The summed E-state index contributed by atoms with van der Waals surface area (Å²) >= 11 is 0. The number of nitrogens with zero attached hydrogens (tertiary/aromatic N) is 2. The number of benzene rings is 1. The Balaban J connectivity index is 1.42. The third-order valence-corrected chi connectivity index (χ3v) is 5.12. The molecule has 0 aliphatic carbocycles. The van der Waals surface area contributed by atoms with Gasteiger partial charge in [-0.3, -0.25) is 0 Å². The van der Waals surface area contributed by atoms with Gasteiger partial charge in [0.1, 0.15) is 5.75 Å². The smallest absolute Gasteiger partial charge is 0.317 e. The summed E-state index contributed by atoms with van der Waals surface area (Å²) in [7, 11) is 1.68. The Labute approximate surface area is 166 Å². The zero-order valence-corrected chi connectivity index (χ0v) is 16.7. The van der Waals surface area contributed by atoms with Crippen LogP contribution in [0.3, 0.4) is 0 Å². The minimum absolute atomic E-state index is 0.00216. The van der Waals surface area contributed by atoms with Crippen LogP contribution in [-0.4, -0.2) is 42.7 Å². The molecular formula is C22H29N3O3. The average molecular weight is 383 g/mol. The number of rotatable bonds is 7. The normalized spacial score (nSPS) is 14.6. The van der Waals surface area contributed by atoms with Crippen molar-refractivity contribution < 1.29 is 14.3 Å². The highest BCUT2D eigenvalue weighted by Crippen LogP contribution is 2.23. The Kier molecular flexibility index (Phi) is 7.12. The molecule has 2 aromatic rings. The number of hydrogen-bond acceptors (Lipinski definition) is 4. The lowest BCUT2D eigenvalue weighted by Crippen LogP contribution is -2.44. The molecule has 1 fully saturated rings. The number of urea groups is 1.